The first-order valence-corrected chi connectivity index (χ1v) is 10.9. The van der Waals surface area contributed by atoms with Crippen molar-refractivity contribution in [3.05, 3.63) is 83.7 Å². The number of thioether (sulfide) groups is 1. The number of fused-ring (bicyclic) bond motifs is 1. The predicted molar refractivity (Wildman–Crippen MR) is 122 cm³/mol. The maximum Gasteiger partial charge on any atom is 0.230 e. The van der Waals surface area contributed by atoms with E-state index in [0.717, 1.165) is 22.2 Å². The molecule has 6 heteroatoms. The summed E-state index contributed by atoms with van der Waals surface area (Å²) in [7, 11) is 0. The average molecular weight is 417 g/mol. The van der Waals surface area contributed by atoms with Crippen LogP contribution in [0.4, 0.5) is 0 Å². The molecular formula is C24H24N4OS. The Morgan fingerprint density at radius 2 is 1.90 bits per heavy atom. The van der Waals surface area contributed by atoms with Crippen LogP contribution in [-0.4, -0.2) is 26.4 Å². The van der Waals surface area contributed by atoms with E-state index >= 15 is 0 Å². The number of nitrogens with zero attached hydrogens (tertiary/aromatic N) is 3. The molecule has 0 bridgehead atoms. The number of hydrogen-bond donors (Lipinski definition) is 1. The summed E-state index contributed by atoms with van der Waals surface area (Å²) in [5.41, 5.74) is 4.45. The molecule has 0 radical (unpaired) electrons. The summed E-state index contributed by atoms with van der Waals surface area (Å²) in [6, 6.07) is 20.6. The zero-order valence-corrected chi connectivity index (χ0v) is 18.1. The van der Waals surface area contributed by atoms with Crippen molar-refractivity contribution in [3.63, 3.8) is 0 Å². The number of hydrogen-bond acceptors (Lipinski definition) is 4. The van der Waals surface area contributed by atoms with Gasteiger partial charge in [-0.05, 0) is 54.3 Å². The topological polar surface area (TPSA) is 59.8 Å². The van der Waals surface area contributed by atoms with Crippen LogP contribution < -0.4 is 5.32 Å². The van der Waals surface area contributed by atoms with E-state index in [1.165, 1.54) is 22.7 Å². The van der Waals surface area contributed by atoms with E-state index in [2.05, 4.69) is 71.8 Å². The van der Waals surface area contributed by atoms with Crippen molar-refractivity contribution >= 4 is 28.4 Å². The fourth-order valence-corrected chi connectivity index (χ4v) is 4.32. The van der Waals surface area contributed by atoms with Gasteiger partial charge in [-0.3, -0.25) is 9.36 Å². The Labute approximate surface area is 180 Å². The van der Waals surface area contributed by atoms with Gasteiger partial charge in [0.2, 0.25) is 5.91 Å². The van der Waals surface area contributed by atoms with E-state index in [1.54, 1.807) is 6.33 Å². The van der Waals surface area contributed by atoms with Crippen molar-refractivity contribution in [3.8, 4) is 5.69 Å². The van der Waals surface area contributed by atoms with Crippen molar-refractivity contribution in [1.29, 1.82) is 0 Å². The van der Waals surface area contributed by atoms with E-state index < -0.39 is 0 Å². The first kappa shape index (κ1) is 20.2. The lowest BCUT2D eigenvalue weighted by Gasteiger charge is -2.16. The van der Waals surface area contributed by atoms with Crippen LogP contribution in [0.3, 0.4) is 0 Å². The minimum absolute atomic E-state index is 0.0315. The molecule has 30 heavy (non-hydrogen) atoms. The fourth-order valence-electron chi connectivity index (χ4n) is 3.59. The Morgan fingerprint density at radius 1 is 1.10 bits per heavy atom. The molecule has 0 aliphatic heterocycles. The lowest BCUT2D eigenvalue weighted by molar-refractivity contribution is -0.119. The molecule has 0 unspecified atom stereocenters. The third-order valence-corrected chi connectivity index (χ3v) is 6.08. The maximum atomic E-state index is 12.6. The van der Waals surface area contributed by atoms with Gasteiger partial charge >= 0.3 is 0 Å². The molecule has 0 fully saturated rings. The Bertz CT molecular complexity index is 1200. The first-order chi connectivity index (χ1) is 14.5. The molecule has 152 valence electrons. The minimum Gasteiger partial charge on any atom is -0.349 e. The van der Waals surface area contributed by atoms with Gasteiger partial charge < -0.3 is 5.32 Å². The van der Waals surface area contributed by atoms with Gasteiger partial charge in [-0.2, -0.15) is 0 Å². The Morgan fingerprint density at radius 3 is 2.77 bits per heavy atom. The van der Waals surface area contributed by atoms with Crippen molar-refractivity contribution in [2.75, 3.05) is 5.75 Å². The summed E-state index contributed by atoms with van der Waals surface area (Å²) in [6.45, 7) is 6.13. The molecule has 5 nitrogen and oxygen atoms in total. The second kappa shape index (κ2) is 8.71. The number of amides is 1. The quantitative estimate of drug-likeness (QED) is 0.449. The van der Waals surface area contributed by atoms with Crippen LogP contribution in [0.25, 0.3) is 16.5 Å². The molecule has 1 atom stereocenters. The second-order valence-corrected chi connectivity index (χ2v) is 8.36. The molecule has 0 saturated heterocycles. The zero-order chi connectivity index (χ0) is 21.1. The van der Waals surface area contributed by atoms with Gasteiger partial charge in [-0.15, -0.1) is 10.2 Å². The largest absolute Gasteiger partial charge is 0.349 e. The molecular weight excluding hydrogens is 392 g/mol. The number of aryl methyl sites for hydroxylation is 2. The summed E-state index contributed by atoms with van der Waals surface area (Å²) >= 11 is 1.39. The van der Waals surface area contributed by atoms with Crippen LogP contribution in [0.15, 0.2) is 72.1 Å². The highest BCUT2D eigenvalue weighted by molar-refractivity contribution is 7.99. The van der Waals surface area contributed by atoms with E-state index in [1.807, 2.05) is 29.7 Å². The normalized spacial score (nSPS) is 12.1. The Balaban J connectivity index is 1.45. The van der Waals surface area contributed by atoms with E-state index in [-0.39, 0.29) is 17.7 Å². The lowest BCUT2D eigenvalue weighted by atomic mass is 10.00. The number of aromatic nitrogens is 3. The molecule has 0 aliphatic rings. The Hall–Kier alpha value is -3.12. The van der Waals surface area contributed by atoms with E-state index in [4.69, 9.17) is 0 Å². The average Bonchev–Trinajstić information content (AvgIpc) is 3.22. The number of carbonyl (C=O) groups excluding carboxylic acids is 1. The summed E-state index contributed by atoms with van der Waals surface area (Å²) in [4.78, 5) is 12.6. The summed E-state index contributed by atoms with van der Waals surface area (Å²) in [5, 5.41) is 14.4. The van der Waals surface area contributed by atoms with E-state index in [0.29, 0.717) is 5.16 Å². The standard InChI is InChI=1S/C24H24N4OS/c1-16-11-12-17(2)22(13-16)28-15-25-27-24(28)30-14-23(29)26-18(3)20-10-6-8-19-7-4-5-9-21(19)20/h4-13,15,18H,14H2,1-3H3,(H,26,29)/t18-/m1/s1. The van der Waals surface area contributed by atoms with Crippen molar-refractivity contribution in [2.24, 2.45) is 0 Å². The van der Waals surface area contributed by atoms with Crippen molar-refractivity contribution in [1.82, 2.24) is 20.1 Å². The first-order valence-electron chi connectivity index (χ1n) is 9.90. The smallest absolute Gasteiger partial charge is 0.230 e. The van der Waals surface area contributed by atoms with Gasteiger partial charge in [0.1, 0.15) is 6.33 Å². The molecule has 1 amide bonds. The van der Waals surface area contributed by atoms with Crippen LogP contribution in [0.1, 0.15) is 29.7 Å². The van der Waals surface area contributed by atoms with Crippen LogP contribution in [-0.2, 0) is 4.79 Å². The lowest BCUT2D eigenvalue weighted by Crippen LogP contribution is -2.28. The summed E-state index contributed by atoms with van der Waals surface area (Å²) in [5.74, 6) is 0.245. The molecule has 3 aromatic carbocycles. The van der Waals surface area contributed by atoms with Crippen molar-refractivity contribution < 1.29 is 4.79 Å². The summed E-state index contributed by atoms with van der Waals surface area (Å²) < 4.78 is 1.94. The SMILES string of the molecule is Cc1ccc(C)c(-n2cnnc2SCC(=O)N[C@H](C)c2cccc3ccccc23)c1. The van der Waals surface area contributed by atoms with Gasteiger partial charge in [0, 0.05) is 0 Å². The maximum absolute atomic E-state index is 12.6. The van der Waals surface area contributed by atoms with Crippen LogP contribution in [0, 0.1) is 13.8 Å². The molecule has 1 aromatic heterocycles. The summed E-state index contributed by atoms with van der Waals surface area (Å²) in [6.07, 6.45) is 1.70. The second-order valence-electron chi connectivity index (χ2n) is 7.42. The predicted octanol–water partition coefficient (Wildman–Crippen LogP) is 5.01. The van der Waals surface area contributed by atoms with Gasteiger partial charge in [0.05, 0.1) is 17.5 Å². The molecule has 4 rings (SSSR count). The van der Waals surface area contributed by atoms with Crippen LogP contribution >= 0.6 is 11.8 Å². The number of benzene rings is 3. The molecule has 4 aromatic rings. The third kappa shape index (κ3) is 4.24. The number of carbonyl (C=O) groups is 1. The molecule has 0 spiro atoms. The van der Waals surface area contributed by atoms with Gasteiger partial charge in [-0.25, -0.2) is 0 Å². The fraction of sp³-hybridized carbons (Fsp3) is 0.208. The monoisotopic (exact) mass is 416 g/mol. The highest BCUT2D eigenvalue weighted by atomic mass is 32.2. The number of rotatable bonds is 6. The van der Waals surface area contributed by atoms with Gasteiger partial charge in [0.25, 0.3) is 0 Å². The molecule has 1 N–H and O–H groups in total. The van der Waals surface area contributed by atoms with E-state index in [9.17, 15) is 4.79 Å². The number of nitrogens with one attached hydrogen (secondary N) is 1. The minimum atomic E-state index is -0.0823. The van der Waals surface area contributed by atoms with Crippen LogP contribution in [0.5, 0.6) is 0 Å². The van der Waals surface area contributed by atoms with Gasteiger partial charge in [0.15, 0.2) is 5.16 Å². The third-order valence-electron chi connectivity index (χ3n) is 5.14. The molecule has 0 saturated carbocycles. The van der Waals surface area contributed by atoms with Crippen LogP contribution in [0.2, 0.25) is 0 Å². The molecule has 1 heterocycles. The Kier molecular flexibility index (Phi) is 5.86. The highest BCUT2D eigenvalue weighted by Crippen LogP contribution is 2.25. The molecule has 0 aliphatic carbocycles. The van der Waals surface area contributed by atoms with Gasteiger partial charge in [-0.1, -0.05) is 66.4 Å². The van der Waals surface area contributed by atoms with Crippen molar-refractivity contribution in [2.45, 2.75) is 32.0 Å². The highest BCUT2D eigenvalue weighted by Gasteiger charge is 2.15. The zero-order valence-electron chi connectivity index (χ0n) is 17.3.